The molecular formula is C35H32FN3O2S. The van der Waals surface area contributed by atoms with Crippen LogP contribution >= 0.6 is 11.3 Å². The summed E-state index contributed by atoms with van der Waals surface area (Å²) in [6.07, 6.45) is 3.04. The van der Waals surface area contributed by atoms with Crippen LogP contribution in [0.1, 0.15) is 74.3 Å². The normalized spacial score (nSPS) is 14.3. The average molecular weight is 578 g/mol. The molecule has 5 aromatic rings. The van der Waals surface area contributed by atoms with Crippen molar-refractivity contribution >= 4 is 34.1 Å². The lowest BCUT2D eigenvalue weighted by Gasteiger charge is -2.16. The minimum Gasteiger partial charge on any atom is -0.366 e. The van der Waals surface area contributed by atoms with Crippen molar-refractivity contribution in [2.24, 2.45) is 11.7 Å². The zero-order valence-electron chi connectivity index (χ0n) is 23.6. The molecule has 3 N–H and O–H groups in total. The van der Waals surface area contributed by atoms with Gasteiger partial charge in [0.05, 0.1) is 27.7 Å². The highest BCUT2D eigenvalue weighted by atomic mass is 32.1. The van der Waals surface area contributed by atoms with E-state index in [1.807, 2.05) is 42.5 Å². The topological polar surface area (TPSA) is 85.1 Å². The van der Waals surface area contributed by atoms with Crippen LogP contribution in [0.2, 0.25) is 0 Å². The Hall–Kier alpha value is -4.36. The monoisotopic (exact) mass is 577 g/mol. The summed E-state index contributed by atoms with van der Waals surface area (Å²) in [6, 6.07) is 24.4. The molecule has 7 heteroatoms. The molecule has 0 aliphatic heterocycles. The number of carbonyl (C=O) groups excluding carboxylic acids is 2. The Morgan fingerprint density at radius 3 is 2.55 bits per heavy atom. The van der Waals surface area contributed by atoms with Crippen LogP contribution < -0.4 is 11.1 Å². The van der Waals surface area contributed by atoms with E-state index in [9.17, 15) is 14.0 Å². The molecule has 1 aliphatic rings. The summed E-state index contributed by atoms with van der Waals surface area (Å²) in [4.78, 5) is 32.6. The van der Waals surface area contributed by atoms with Crippen molar-refractivity contribution < 1.29 is 14.0 Å². The third-order valence-electron chi connectivity index (χ3n) is 7.81. The van der Waals surface area contributed by atoms with Crippen molar-refractivity contribution in [2.45, 2.75) is 45.6 Å². The molecule has 2 aromatic heterocycles. The van der Waals surface area contributed by atoms with Gasteiger partial charge >= 0.3 is 0 Å². The number of halogens is 1. The molecule has 3 aromatic carbocycles. The molecule has 1 aliphatic carbocycles. The van der Waals surface area contributed by atoms with Crippen LogP contribution in [0.15, 0.2) is 78.9 Å². The number of nitrogens with one attached hydrogen (secondary N) is 1. The fraction of sp³-hybridized carbons (Fsp3) is 0.229. The highest BCUT2D eigenvalue weighted by Gasteiger charge is 2.26. The lowest BCUT2D eigenvalue weighted by molar-refractivity contribution is 0.0939. The molecule has 2 amide bonds. The van der Waals surface area contributed by atoms with E-state index >= 15 is 0 Å². The van der Waals surface area contributed by atoms with E-state index in [0.717, 1.165) is 39.7 Å². The Morgan fingerprint density at radius 1 is 1.02 bits per heavy atom. The van der Waals surface area contributed by atoms with Gasteiger partial charge in [-0.15, -0.1) is 11.3 Å². The second-order valence-electron chi connectivity index (χ2n) is 11.4. The summed E-state index contributed by atoms with van der Waals surface area (Å²) >= 11 is 1.36. The first-order valence-corrected chi connectivity index (χ1v) is 15.1. The second kappa shape index (κ2) is 11.5. The van der Waals surface area contributed by atoms with E-state index in [-0.39, 0.29) is 23.7 Å². The summed E-state index contributed by atoms with van der Waals surface area (Å²) in [6.45, 7) is 4.16. The first-order chi connectivity index (χ1) is 20.3. The first kappa shape index (κ1) is 27.8. The Morgan fingerprint density at radius 2 is 1.79 bits per heavy atom. The summed E-state index contributed by atoms with van der Waals surface area (Å²) in [5, 5.41) is 4.01. The number of rotatable bonds is 8. The minimum absolute atomic E-state index is 0.0145. The molecule has 1 atom stereocenters. The maximum absolute atomic E-state index is 13.4. The molecule has 2 heterocycles. The van der Waals surface area contributed by atoms with Crippen LogP contribution in [0.5, 0.6) is 0 Å². The van der Waals surface area contributed by atoms with Crippen molar-refractivity contribution in [2.75, 3.05) is 0 Å². The van der Waals surface area contributed by atoms with Crippen molar-refractivity contribution in [3.8, 4) is 10.4 Å². The number of fused-ring (bicyclic) bond motifs is 2. The van der Waals surface area contributed by atoms with Gasteiger partial charge in [-0.2, -0.15) is 0 Å². The van der Waals surface area contributed by atoms with Crippen molar-refractivity contribution in [3.63, 3.8) is 0 Å². The Kier molecular flexibility index (Phi) is 7.60. The SMILES string of the molecule is CC(C)Cc1nc2cc(Cc3ccc(F)cc3)ccc2c(-c2ccc(C(=O)N[C@@H]3CCc4ccccc43)s2)c1C(N)=O. The zero-order chi connectivity index (χ0) is 29.4. The van der Waals surface area contributed by atoms with Gasteiger partial charge in [-0.1, -0.05) is 62.4 Å². The standard InChI is InChI=1S/C35H32FN3O2S/c1-20(2)17-29-33(34(37)40)32(26-13-9-22(19-28(26)38-29)18-21-7-11-24(36)12-8-21)30-15-16-31(42-30)35(41)39-27-14-10-23-5-3-4-6-25(23)27/h3-9,11-13,15-16,19-20,27H,10,14,17-18H2,1-2H3,(H2,37,40)(H,39,41)/t27-/m1/s1. The van der Waals surface area contributed by atoms with E-state index in [1.165, 1.54) is 34.6 Å². The molecule has 5 nitrogen and oxygen atoms in total. The number of aromatic nitrogens is 1. The maximum atomic E-state index is 13.4. The average Bonchev–Trinajstić information content (AvgIpc) is 3.61. The van der Waals surface area contributed by atoms with Gasteiger partial charge < -0.3 is 11.1 Å². The number of amides is 2. The number of nitrogens with two attached hydrogens (primary N) is 1. The molecular weight excluding hydrogens is 545 g/mol. The van der Waals surface area contributed by atoms with Crippen molar-refractivity contribution in [3.05, 3.63) is 123 Å². The van der Waals surface area contributed by atoms with Gasteiger partial charge in [-0.3, -0.25) is 14.6 Å². The highest BCUT2D eigenvalue weighted by molar-refractivity contribution is 7.17. The highest BCUT2D eigenvalue weighted by Crippen LogP contribution is 2.39. The molecule has 6 rings (SSSR count). The Balaban J connectivity index is 1.39. The van der Waals surface area contributed by atoms with Crippen LogP contribution in [-0.2, 0) is 19.3 Å². The minimum atomic E-state index is -0.535. The quantitative estimate of drug-likeness (QED) is 0.201. The number of nitrogens with zero attached hydrogens (tertiary/aromatic N) is 1. The van der Waals surface area contributed by atoms with E-state index in [1.54, 1.807) is 12.1 Å². The van der Waals surface area contributed by atoms with Crippen LogP contribution in [0.3, 0.4) is 0 Å². The first-order valence-electron chi connectivity index (χ1n) is 14.3. The number of hydrogen-bond acceptors (Lipinski definition) is 4. The number of pyridine rings is 1. The summed E-state index contributed by atoms with van der Waals surface area (Å²) in [5.41, 5.74) is 13.0. The molecule has 0 saturated heterocycles. The molecule has 0 unspecified atom stereocenters. The van der Waals surface area contributed by atoms with Crippen LogP contribution in [0.4, 0.5) is 4.39 Å². The molecule has 0 radical (unpaired) electrons. The lowest BCUT2D eigenvalue weighted by Crippen LogP contribution is -2.26. The number of benzene rings is 3. The van der Waals surface area contributed by atoms with E-state index in [4.69, 9.17) is 10.7 Å². The summed E-state index contributed by atoms with van der Waals surface area (Å²) in [7, 11) is 0. The summed E-state index contributed by atoms with van der Waals surface area (Å²) in [5.74, 6) is -0.677. The zero-order valence-corrected chi connectivity index (χ0v) is 24.4. The number of primary amides is 1. The molecule has 0 fully saturated rings. The fourth-order valence-corrected chi connectivity index (χ4v) is 6.87. The molecule has 0 bridgehead atoms. The van der Waals surface area contributed by atoms with Crippen molar-refractivity contribution in [1.29, 1.82) is 0 Å². The van der Waals surface area contributed by atoms with Crippen LogP contribution in [0, 0.1) is 11.7 Å². The number of hydrogen-bond donors (Lipinski definition) is 2. The van der Waals surface area contributed by atoms with E-state index < -0.39 is 5.91 Å². The largest absolute Gasteiger partial charge is 0.366 e. The van der Waals surface area contributed by atoms with E-state index in [2.05, 4.69) is 31.3 Å². The van der Waals surface area contributed by atoms with Gasteiger partial charge in [-0.05, 0) is 84.2 Å². The predicted octanol–water partition coefficient (Wildman–Crippen LogP) is 7.41. The fourth-order valence-electron chi connectivity index (χ4n) is 5.90. The number of carbonyl (C=O) groups is 2. The van der Waals surface area contributed by atoms with Gasteiger partial charge in [0.1, 0.15) is 5.82 Å². The number of aryl methyl sites for hydroxylation is 1. The smallest absolute Gasteiger partial charge is 0.261 e. The third kappa shape index (κ3) is 5.57. The maximum Gasteiger partial charge on any atom is 0.261 e. The molecule has 0 spiro atoms. The second-order valence-corrected chi connectivity index (χ2v) is 12.4. The van der Waals surface area contributed by atoms with Gasteiger partial charge in [0.15, 0.2) is 0 Å². The Labute approximate surface area is 248 Å². The van der Waals surface area contributed by atoms with Gasteiger partial charge in [0, 0.05) is 15.8 Å². The van der Waals surface area contributed by atoms with Crippen LogP contribution in [0.25, 0.3) is 21.3 Å². The molecule has 212 valence electrons. The van der Waals surface area contributed by atoms with Crippen LogP contribution in [-0.4, -0.2) is 16.8 Å². The molecule has 0 saturated carbocycles. The van der Waals surface area contributed by atoms with Gasteiger partial charge in [0.2, 0.25) is 0 Å². The van der Waals surface area contributed by atoms with E-state index in [0.29, 0.717) is 34.5 Å². The van der Waals surface area contributed by atoms with Gasteiger partial charge in [-0.25, -0.2) is 4.39 Å². The molecule has 42 heavy (non-hydrogen) atoms. The summed E-state index contributed by atoms with van der Waals surface area (Å²) < 4.78 is 13.4. The predicted molar refractivity (Wildman–Crippen MR) is 166 cm³/mol. The van der Waals surface area contributed by atoms with Gasteiger partial charge in [0.25, 0.3) is 11.8 Å². The Bertz CT molecular complexity index is 1810. The number of thiophene rings is 1. The lowest BCUT2D eigenvalue weighted by atomic mass is 9.93. The third-order valence-corrected chi connectivity index (χ3v) is 8.91. The van der Waals surface area contributed by atoms with Crippen molar-refractivity contribution in [1.82, 2.24) is 10.3 Å².